The van der Waals surface area contributed by atoms with E-state index in [1.165, 1.54) is 18.2 Å². The highest BCUT2D eigenvalue weighted by Gasteiger charge is 2.17. The van der Waals surface area contributed by atoms with Crippen LogP contribution in [-0.4, -0.2) is 13.5 Å². The van der Waals surface area contributed by atoms with Gasteiger partial charge < -0.3 is 9.29 Å². The zero-order valence-electron chi connectivity index (χ0n) is 10.9. The average molecular weight is 300 g/mol. The first-order chi connectivity index (χ1) is 10.0. The highest BCUT2D eigenvalue weighted by molar-refractivity contribution is 7.87. The van der Waals surface area contributed by atoms with E-state index in [-0.39, 0.29) is 16.4 Å². The Balaban J connectivity index is 2.01. The van der Waals surface area contributed by atoms with Crippen LogP contribution in [0.25, 0.3) is 10.8 Å². The van der Waals surface area contributed by atoms with Crippen molar-refractivity contribution in [2.24, 2.45) is 0 Å². The summed E-state index contributed by atoms with van der Waals surface area (Å²) in [5, 5.41) is 10.9. The van der Waals surface area contributed by atoms with Crippen molar-refractivity contribution in [1.29, 1.82) is 0 Å². The fraction of sp³-hybridized carbons (Fsp3) is 0. The SMILES string of the molecule is O=S(=O)(Oc1ccccc1)c1ccc2cc(O)ccc2c1. The van der Waals surface area contributed by atoms with E-state index < -0.39 is 10.1 Å². The van der Waals surface area contributed by atoms with Crippen LogP contribution in [-0.2, 0) is 10.1 Å². The molecule has 106 valence electrons. The van der Waals surface area contributed by atoms with Crippen LogP contribution in [0.3, 0.4) is 0 Å². The molecular formula is C16H12O4S. The van der Waals surface area contributed by atoms with Gasteiger partial charge in [-0.2, -0.15) is 8.42 Å². The highest BCUT2D eigenvalue weighted by Crippen LogP contribution is 2.25. The molecule has 0 amide bonds. The molecule has 1 N–H and O–H groups in total. The van der Waals surface area contributed by atoms with Crippen LogP contribution >= 0.6 is 0 Å². The van der Waals surface area contributed by atoms with Crippen molar-refractivity contribution in [3.05, 3.63) is 66.7 Å². The van der Waals surface area contributed by atoms with Gasteiger partial charge in [-0.15, -0.1) is 0 Å². The van der Waals surface area contributed by atoms with Crippen LogP contribution in [0.1, 0.15) is 0 Å². The van der Waals surface area contributed by atoms with Crippen molar-refractivity contribution in [2.45, 2.75) is 4.90 Å². The largest absolute Gasteiger partial charge is 0.508 e. The fourth-order valence-electron chi connectivity index (χ4n) is 2.02. The number of phenols is 1. The third kappa shape index (κ3) is 2.83. The molecule has 0 fully saturated rings. The molecule has 5 heteroatoms. The van der Waals surface area contributed by atoms with Gasteiger partial charge in [-0.25, -0.2) is 0 Å². The second kappa shape index (κ2) is 5.10. The maximum atomic E-state index is 12.2. The van der Waals surface area contributed by atoms with Crippen LogP contribution in [0, 0.1) is 0 Å². The topological polar surface area (TPSA) is 63.6 Å². The molecule has 0 aliphatic heterocycles. The Hall–Kier alpha value is -2.53. The molecule has 0 heterocycles. The Kier molecular flexibility index (Phi) is 3.27. The van der Waals surface area contributed by atoms with Crippen LogP contribution in [0.2, 0.25) is 0 Å². The summed E-state index contributed by atoms with van der Waals surface area (Å²) >= 11 is 0. The van der Waals surface area contributed by atoms with Gasteiger partial charge in [-0.1, -0.05) is 30.3 Å². The Labute approximate surface area is 122 Å². The maximum Gasteiger partial charge on any atom is 0.339 e. The summed E-state index contributed by atoms with van der Waals surface area (Å²) in [6.45, 7) is 0. The quantitative estimate of drug-likeness (QED) is 0.754. The molecule has 3 rings (SSSR count). The van der Waals surface area contributed by atoms with Crippen molar-refractivity contribution in [2.75, 3.05) is 0 Å². The highest BCUT2D eigenvalue weighted by atomic mass is 32.2. The second-order valence-electron chi connectivity index (χ2n) is 4.54. The lowest BCUT2D eigenvalue weighted by molar-refractivity contribution is 0.476. The number of hydrogen-bond donors (Lipinski definition) is 1. The maximum absolute atomic E-state index is 12.2. The molecule has 0 aliphatic rings. The second-order valence-corrected chi connectivity index (χ2v) is 6.09. The van der Waals surface area contributed by atoms with Gasteiger partial charge in [0.2, 0.25) is 0 Å². The smallest absolute Gasteiger partial charge is 0.339 e. The number of fused-ring (bicyclic) bond motifs is 1. The van der Waals surface area contributed by atoms with Gasteiger partial charge in [0.25, 0.3) is 0 Å². The van der Waals surface area contributed by atoms with Crippen LogP contribution in [0.4, 0.5) is 0 Å². The molecule has 0 saturated carbocycles. The third-order valence-corrected chi connectivity index (χ3v) is 4.28. The zero-order chi connectivity index (χ0) is 14.9. The van der Waals surface area contributed by atoms with Gasteiger partial charge in [-0.05, 0) is 47.2 Å². The summed E-state index contributed by atoms with van der Waals surface area (Å²) in [5.74, 6) is 0.405. The van der Waals surface area contributed by atoms with Crippen molar-refractivity contribution < 1.29 is 17.7 Å². The number of hydrogen-bond acceptors (Lipinski definition) is 4. The molecule has 0 radical (unpaired) electrons. The molecule has 21 heavy (non-hydrogen) atoms. The summed E-state index contributed by atoms with van der Waals surface area (Å²) in [6, 6.07) is 17.7. The first kappa shape index (κ1) is 13.5. The van der Waals surface area contributed by atoms with E-state index in [2.05, 4.69) is 0 Å². The summed E-state index contributed by atoms with van der Waals surface area (Å²) < 4.78 is 29.6. The van der Waals surface area contributed by atoms with E-state index in [9.17, 15) is 13.5 Å². The molecule has 0 atom stereocenters. The summed E-state index contributed by atoms with van der Waals surface area (Å²) in [5.41, 5.74) is 0. The lowest BCUT2D eigenvalue weighted by atomic mass is 10.1. The summed E-state index contributed by atoms with van der Waals surface area (Å²) in [4.78, 5) is 0.0737. The van der Waals surface area contributed by atoms with Crippen molar-refractivity contribution in [3.8, 4) is 11.5 Å². The first-order valence-corrected chi connectivity index (χ1v) is 7.68. The predicted octanol–water partition coefficient (Wildman–Crippen LogP) is 3.31. The van der Waals surface area contributed by atoms with Crippen LogP contribution in [0.5, 0.6) is 11.5 Å². The number of benzene rings is 3. The summed E-state index contributed by atoms with van der Waals surface area (Å²) in [6.07, 6.45) is 0. The van der Waals surface area contributed by atoms with E-state index in [0.29, 0.717) is 5.39 Å². The molecule has 0 unspecified atom stereocenters. The normalized spacial score (nSPS) is 11.4. The molecular weight excluding hydrogens is 288 g/mol. The number of rotatable bonds is 3. The number of aromatic hydroxyl groups is 1. The number of phenolic OH excluding ortho intramolecular Hbond substituents is 1. The van der Waals surface area contributed by atoms with E-state index in [1.807, 2.05) is 0 Å². The molecule has 3 aromatic carbocycles. The monoisotopic (exact) mass is 300 g/mol. The minimum absolute atomic E-state index is 0.0737. The Morgan fingerprint density at radius 3 is 2.24 bits per heavy atom. The Bertz CT molecular complexity index is 887. The summed E-state index contributed by atoms with van der Waals surface area (Å²) in [7, 11) is -3.88. The van der Waals surface area contributed by atoms with E-state index in [0.717, 1.165) is 5.39 Å². The molecule has 4 nitrogen and oxygen atoms in total. The molecule has 0 aromatic heterocycles. The Morgan fingerprint density at radius 1 is 0.810 bits per heavy atom. The van der Waals surface area contributed by atoms with E-state index in [4.69, 9.17) is 4.18 Å². The molecule has 3 aromatic rings. The minimum Gasteiger partial charge on any atom is -0.508 e. The van der Waals surface area contributed by atoms with Gasteiger partial charge in [0.1, 0.15) is 16.4 Å². The Morgan fingerprint density at radius 2 is 1.48 bits per heavy atom. The zero-order valence-corrected chi connectivity index (χ0v) is 11.7. The number of para-hydroxylation sites is 1. The molecule has 0 saturated heterocycles. The van der Waals surface area contributed by atoms with Gasteiger partial charge in [0.05, 0.1) is 0 Å². The lowest BCUT2D eigenvalue weighted by Gasteiger charge is -2.08. The fourth-order valence-corrected chi connectivity index (χ4v) is 2.98. The van der Waals surface area contributed by atoms with Gasteiger partial charge in [0, 0.05) is 0 Å². The van der Waals surface area contributed by atoms with Gasteiger partial charge in [0.15, 0.2) is 0 Å². The van der Waals surface area contributed by atoms with Gasteiger partial charge in [-0.3, -0.25) is 0 Å². The van der Waals surface area contributed by atoms with Crippen molar-refractivity contribution in [1.82, 2.24) is 0 Å². The predicted molar refractivity (Wildman–Crippen MR) is 79.9 cm³/mol. The lowest BCUT2D eigenvalue weighted by Crippen LogP contribution is -2.09. The van der Waals surface area contributed by atoms with Crippen molar-refractivity contribution in [3.63, 3.8) is 0 Å². The molecule has 0 spiro atoms. The van der Waals surface area contributed by atoms with E-state index in [1.54, 1.807) is 48.5 Å². The molecule has 0 bridgehead atoms. The third-order valence-electron chi connectivity index (χ3n) is 3.03. The van der Waals surface area contributed by atoms with Crippen LogP contribution in [0.15, 0.2) is 71.6 Å². The first-order valence-electron chi connectivity index (χ1n) is 6.27. The standard InChI is InChI=1S/C16H12O4S/c17-14-8-6-13-11-16(9-7-12(13)10-14)21(18,19)20-15-4-2-1-3-5-15/h1-11,17H. The van der Waals surface area contributed by atoms with Gasteiger partial charge >= 0.3 is 10.1 Å². The van der Waals surface area contributed by atoms with E-state index >= 15 is 0 Å². The average Bonchev–Trinajstić information content (AvgIpc) is 2.47. The van der Waals surface area contributed by atoms with Crippen molar-refractivity contribution >= 4 is 20.9 Å². The minimum atomic E-state index is -3.88. The van der Waals surface area contributed by atoms with Crippen LogP contribution < -0.4 is 4.18 Å². The molecule has 0 aliphatic carbocycles.